The highest BCUT2D eigenvalue weighted by atomic mass is 16.6. The van der Waals surface area contributed by atoms with Gasteiger partial charge in [0, 0.05) is 62.6 Å². The van der Waals surface area contributed by atoms with E-state index in [0.29, 0.717) is 30.5 Å². The highest BCUT2D eigenvalue weighted by molar-refractivity contribution is 5.67. The zero-order valence-electron chi connectivity index (χ0n) is 24.3. The fraction of sp³-hybridized carbons (Fsp3) is 0.485. The fourth-order valence-electron chi connectivity index (χ4n) is 7.60. The van der Waals surface area contributed by atoms with Crippen molar-refractivity contribution >= 4 is 18.1 Å². The molecule has 0 spiro atoms. The van der Waals surface area contributed by atoms with Crippen LogP contribution in [0.1, 0.15) is 30.4 Å². The van der Waals surface area contributed by atoms with E-state index >= 15 is 0 Å². The first-order valence-electron chi connectivity index (χ1n) is 15.2. The van der Waals surface area contributed by atoms with Crippen molar-refractivity contribution in [1.82, 2.24) is 21.1 Å². The van der Waals surface area contributed by atoms with Crippen LogP contribution in [-0.4, -0.2) is 76.3 Å². The van der Waals surface area contributed by atoms with Crippen molar-refractivity contribution < 1.29 is 9.53 Å². The van der Waals surface area contributed by atoms with Crippen LogP contribution in [0.2, 0.25) is 0 Å². The number of nitriles is 1. The molecule has 4 aliphatic rings. The molecule has 220 valence electrons. The molecule has 0 radical (unpaired) electrons. The molecule has 1 amide bonds. The topological polar surface area (TPSA) is 105 Å². The predicted molar refractivity (Wildman–Crippen MR) is 164 cm³/mol. The highest BCUT2D eigenvalue weighted by Crippen LogP contribution is 2.50. The van der Waals surface area contributed by atoms with Gasteiger partial charge in [0.25, 0.3) is 0 Å². The number of nitrogens with one attached hydrogen (secondary N) is 3. The number of ether oxygens (including phenoxy) is 1. The van der Waals surface area contributed by atoms with Gasteiger partial charge in [0.1, 0.15) is 6.10 Å². The Labute approximate surface area is 248 Å². The van der Waals surface area contributed by atoms with Crippen molar-refractivity contribution in [2.45, 2.75) is 30.8 Å². The van der Waals surface area contributed by atoms with Crippen LogP contribution in [0.5, 0.6) is 0 Å². The van der Waals surface area contributed by atoms with Gasteiger partial charge in [0.2, 0.25) is 0 Å². The third-order valence-electron chi connectivity index (χ3n) is 9.73. The number of hydrogen-bond donors (Lipinski definition) is 3. The Bertz CT molecular complexity index is 1320. The average Bonchev–Trinajstić information content (AvgIpc) is 3.40. The standard InChI is InChI=1S/C33H41N7O2/c1-35-32(41)42-31-16-25-15-30(31)33(22-36-23-38-37-18-25,27-5-3-2-4-6-27)28-11-13-39(14-12-28)19-26-20-40(21-26)29-9-7-24(17-34)8-10-29/h2-10,15,23,26,28,30-31,37H,11-14,16,18-22H2,1H3,(H,35,41)(H,36,38)/t30-,31-,33+/m0/s1. The smallest absolute Gasteiger partial charge is 0.407 e. The Morgan fingerprint density at radius 1 is 1.14 bits per heavy atom. The number of hydrogen-bond acceptors (Lipinski definition) is 8. The number of benzene rings is 2. The van der Waals surface area contributed by atoms with Gasteiger partial charge in [-0.1, -0.05) is 42.0 Å². The van der Waals surface area contributed by atoms with Gasteiger partial charge in [-0.15, -0.1) is 0 Å². The number of hydrazine groups is 1. The number of piperidine rings is 1. The summed E-state index contributed by atoms with van der Waals surface area (Å²) in [5, 5.41) is 11.7. The maximum Gasteiger partial charge on any atom is 0.407 e. The first kappa shape index (κ1) is 28.3. The number of fused-ring (bicyclic) bond motifs is 1. The molecule has 0 saturated carbocycles. The molecule has 2 aromatic carbocycles. The maximum atomic E-state index is 12.5. The highest BCUT2D eigenvalue weighted by Gasteiger charge is 2.52. The third kappa shape index (κ3) is 5.74. The summed E-state index contributed by atoms with van der Waals surface area (Å²) < 4.78 is 6.06. The lowest BCUT2D eigenvalue weighted by Crippen LogP contribution is -2.55. The number of likely N-dealkylation sites (tertiary alicyclic amines) is 1. The van der Waals surface area contributed by atoms with Crippen LogP contribution in [0.3, 0.4) is 0 Å². The van der Waals surface area contributed by atoms with Crippen molar-refractivity contribution in [3.05, 3.63) is 77.4 Å². The summed E-state index contributed by atoms with van der Waals surface area (Å²) in [6.07, 6.45) is 6.41. The number of aliphatic imine (C=N–C) groups is 1. The molecular formula is C33H41N7O2. The van der Waals surface area contributed by atoms with Gasteiger partial charge in [0.15, 0.2) is 0 Å². The molecule has 0 unspecified atom stereocenters. The minimum atomic E-state index is -0.378. The molecule has 3 heterocycles. The third-order valence-corrected chi connectivity index (χ3v) is 9.73. The minimum absolute atomic E-state index is 0.0356. The van der Waals surface area contributed by atoms with Gasteiger partial charge < -0.3 is 25.3 Å². The molecule has 1 aliphatic carbocycles. The van der Waals surface area contributed by atoms with Crippen molar-refractivity contribution in [3.63, 3.8) is 0 Å². The normalized spacial score (nSPS) is 26.9. The molecule has 3 N–H and O–H groups in total. The van der Waals surface area contributed by atoms with E-state index in [1.165, 1.54) is 16.8 Å². The van der Waals surface area contributed by atoms with Gasteiger partial charge in [-0.2, -0.15) is 5.26 Å². The molecule has 6 rings (SSSR count). The Hall–Kier alpha value is -3.87. The second-order valence-corrected chi connectivity index (χ2v) is 12.1. The molecule has 3 aliphatic heterocycles. The first-order chi connectivity index (χ1) is 20.6. The van der Waals surface area contributed by atoms with Gasteiger partial charge in [-0.3, -0.25) is 4.99 Å². The van der Waals surface area contributed by atoms with Crippen molar-refractivity contribution in [2.24, 2.45) is 22.7 Å². The number of alkyl carbamates (subject to hydrolysis) is 1. The van der Waals surface area contributed by atoms with Gasteiger partial charge >= 0.3 is 6.09 Å². The molecular weight excluding hydrogens is 526 g/mol. The van der Waals surface area contributed by atoms with Crippen LogP contribution in [0, 0.1) is 29.1 Å². The molecule has 3 atom stereocenters. The number of carbonyl (C=O) groups excluding carboxylic acids is 1. The van der Waals surface area contributed by atoms with E-state index in [2.05, 4.69) is 80.6 Å². The van der Waals surface area contributed by atoms with Crippen LogP contribution in [-0.2, 0) is 10.2 Å². The molecule has 0 aromatic heterocycles. The van der Waals surface area contributed by atoms with E-state index in [4.69, 9.17) is 15.0 Å². The largest absolute Gasteiger partial charge is 0.445 e. The molecule has 42 heavy (non-hydrogen) atoms. The van der Waals surface area contributed by atoms with Gasteiger partial charge in [-0.05, 0) is 61.7 Å². The molecule has 9 nitrogen and oxygen atoms in total. The van der Waals surface area contributed by atoms with Crippen molar-refractivity contribution in [3.8, 4) is 6.07 Å². The lowest BCUT2D eigenvalue weighted by molar-refractivity contribution is 0.0243. The lowest BCUT2D eigenvalue weighted by atomic mass is 9.59. The molecule has 2 fully saturated rings. The van der Waals surface area contributed by atoms with E-state index in [1.54, 1.807) is 13.4 Å². The lowest BCUT2D eigenvalue weighted by Gasteiger charge is -2.50. The SMILES string of the molecule is CNC(=O)O[C@H]1CC2=C[C@@H]1[C@](c1ccccc1)(C1CCN(CC3CN(c4ccc(C#N)cc4)C3)CC1)CN=CNNC2. The summed E-state index contributed by atoms with van der Waals surface area (Å²) in [5.41, 5.74) is 10.5. The van der Waals surface area contributed by atoms with E-state index in [9.17, 15) is 4.79 Å². The van der Waals surface area contributed by atoms with E-state index in [-0.39, 0.29) is 23.5 Å². The van der Waals surface area contributed by atoms with Crippen LogP contribution >= 0.6 is 0 Å². The number of nitrogens with zero attached hydrogens (tertiary/aromatic N) is 4. The summed E-state index contributed by atoms with van der Waals surface area (Å²) >= 11 is 0. The number of anilines is 1. The summed E-state index contributed by atoms with van der Waals surface area (Å²) in [7, 11) is 1.62. The summed E-state index contributed by atoms with van der Waals surface area (Å²) in [6.45, 7) is 6.65. The van der Waals surface area contributed by atoms with E-state index in [1.807, 2.05) is 12.1 Å². The van der Waals surface area contributed by atoms with Crippen LogP contribution in [0.15, 0.2) is 71.2 Å². The Morgan fingerprint density at radius 2 is 1.90 bits per heavy atom. The molecule has 2 bridgehead atoms. The van der Waals surface area contributed by atoms with Crippen LogP contribution < -0.4 is 21.1 Å². The summed E-state index contributed by atoms with van der Waals surface area (Å²) in [4.78, 5) is 22.4. The monoisotopic (exact) mass is 567 g/mol. The summed E-state index contributed by atoms with van der Waals surface area (Å²) in [5.74, 6) is 1.09. The maximum absolute atomic E-state index is 12.5. The zero-order valence-corrected chi connectivity index (χ0v) is 24.3. The predicted octanol–water partition coefficient (Wildman–Crippen LogP) is 3.45. The number of amides is 1. The average molecular weight is 568 g/mol. The van der Waals surface area contributed by atoms with E-state index in [0.717, 1.165) is 52.0 Å². The zero-order chi connectivity index (χ0) is 28.9. The van der Waals surface area contributed by atoms with Crippen LogP contribution in [0.25, 0.3) is 0 Å². The second-order valence-electron chi connectivity index (χ2n) is 12.1. The summed E-state index contributed by atoms with van der Waals surface area (Å²) in [6, 6.07) is 20.9. The fourth-order valence-corrected chi connectivity index (χ4v) is 7.60. The number of rotatable bonds is 6. The second kappa shape index (κ2) is 12.6. The van der Waals surface area contributed by atoms with Gasteiger partial charge in [0.05, 0.1) is 24.5 Å². The Kier molecular flexibility index (Phi) is 8.45. The van der Waals surface area contributed by atoms with Crippen molar-refractivity contribution in [2.75, 3.05) is 57.8 Å². The van der Waals surface area contributed by atoms with Gasteiger partial charge in [-0.25, -0.2) is 10.2 Å². The molecule has 9 heteroatoms. The first-order valence-corrected chi connectivity index (χ1v) is 15.2. The Morgan fingerprint density at radius 3 is 2.62 bits per heavy atom. The molecule has 2 aromatic rings. The minimum Gasteiger partial charge on any atom is -0.445 e. The quantitative estimate of drug-likeness (QED) is 0.460. The van der Waals surface area contributed by atoms with E-state index < -0.39 is 0 Å². The molecule has 2 saturated heterocycles. The Balaban J connectivity index is 1.18. The van der Waals surface area contributed by atoms with Crippen molar-refractivity contribution in [1.29, 1.82) is 5.26 Å². The van der Waals surface area contributed by atoms with Crippen LogP contribution in [0.4, 0.5) is 10.5 Å². The number of carbonyl (C=O) groups is 1.